The van der Waals surface area contributed by atoms with E-state index in [4.69, 9.17) is 9.47 Å². The lowest BCUT2D eigenvalue weighted by Crippen LogP contribution is -2.42. The number of rotatable bonds is 2. The van der Waals surface area contributed by atoms with Crippen LogP contribution in [-0.4, -0.2) is 43.8 Å². The van der Waals surface area contributed by atoms with E-state index in [1.807, 2.05) is 0 Å². The number of methoxy groups -OCH3 is 2. The van der Waals surface area contributed by atoms with Gasteiger partial charge in [0.25, 0.3) is 5.78 Å². The van der Waals surface area contributed by atoms with Crippen LogP contribution in [0.15, 0.2) is 0 Å². The Morgan fingerprint density at radius 3 is 1.56 bits per heavy atom. The zero-order chi connectivity index (χ0) is 11.9. The van der Waals surface area contributed by atoms with E-state index in [0.29, 0.717) is 12.8 Å². The van der Waals surface area contributed by atoms with Crippen molar-refractivity contribution in [3.05, 3.63) is 0 Å². The Balaban J connectivity index is 2.23. The molecule has 2 fully saturated rings. The summed E-state index contributed by atoms with van der Waals surface area (Å²) in [6, 6.07) is 0. The largest absolute Gasteiger partial charge is 0.379 e. The molecule has 2 aliphatic carbocycles. The second-order valence-corrected chi connectivity index (χ2v) is 4.29. The maximum Gasteiger partial charge on any atom is 0.264 e. The van der Waals surface area contributed by atoms with Crippen LogP contribution in [0.3, 0.4) is 0 Å². The van der Waals surface area contributed by atoms with Crippen molar-refractivity contribution in [3.63, 3.8) is 0 Å². The highest BCUT2D eigenvalue weighted by Gasteiger charge is 2.53. The summed E-state index contributed by atoms with van der Waals surface area (Å²) in [7, 11) is 3.08. The summed E-state index contributed by atoms with van der Waals surface area (Å²) < 4.78 is 10.4. The molecule has 0 aromatic heterocycles. The maximum absolute atomic E-state index is 11.5. The molecular formula is C11H14O5. The van der Waals surface area contributed by atoms with Gasteiger partial charge >= 0.3 is 0 Å². The summed E-state index contributed by atoms with van der Waals surface area (Å²) in [5, 5.41) is 0. The van der Waals surface area contributed by atoms with E-state index in [1.54, 1.807) is 14.2 Å². The minimum absolute atomic E-state index is 0.214. The van der Waals surface area contributed by atoms with Gasteiger partial charge in [-0.05, 0) is 12.8 Å². The molecule has 2 saturated carbocycles. The van der Waals surface area contributed by atoms with Crippen LogP contribution in [-0.2, 0) is 23.9 Å². The minimum Gasteiger partial charge on any atom is -0.379 e. The molecule has 0 aromatic carbocycles. The van der Waals surface area contributed by atoms with Crippen molar-refractivity contribution >= 4 is 17.3 Å². The molecule has 0 N–H and O–H groups in total. The Morgan fingerprint density at radius 1 is 0.875 bits per heavy atom. The second-order valence-electron chi connectivity index (χ2n) is 4.29. The minimum atomic E-state index is -0.846. The molecule has 5 nitrogen and oxygen atoms in total. The summed E-state index contributed by atoms with van der Waals surface area (Å²) in [6.07, 6.45) is 0.370. The van der Waals surface area contributed by atoms with Crippen LogP contribution in [0.25, 0.3) is 0 Å². The van der Waals surface area contributed by atoms with Crippen molar-refractivity contribution in [1.29, 1.82) is 0 Å². The smallest absolute Gasteiger partial charge is 0.264 e. The summed E-state index contributed by atoms with van der Waals surface area (Å²) in [5.74, 6) is -2.92. The maximum atomic E-state index is 11.5. The van der Waals surface area contributed by atoms with E-state index in [1.165, 1.54) is 0 Å². The van der Waals surface area contributed by atoms with E-state index in [0.717, 1.165) is 0 Å². The molecule has 0 saturated heterocycles. The quantitative estimate of drug-likeness (QED) is 0.608. The number of carbonyl (C=O) groups excluding carboxylic acids is 3. The fraction of sp³-hybridized carbons (Fsp3) is 0.727. The van der Waals surface area contributed by atoms with Gasteiger partial charge in [-0.1, -0.05) is 0 Å². The summed E-state index contributed by atoms with van der Waals surface area (Å²) in [5.41, 5.74) is 0. The predicted molar refractivity (Wildman–Crippen MR) is 52.8 cm³/mol. The Morgan fingerprint density at radius 2 is 1.25 bits per heavy atom. The summed E-state index contributed by atoms with van der Waals surface area (Å²) in [6.45, 7) is 0. The Bertz CT molecular complexity index is 316. The van der Waals surface area contributed by atoms with E-state index in [2.05, 4.69) is 0 Å². The zero-order valence-electron chi connectivity index (χ0n) is 9.26. The van der Waals surface area contributed by atoms with E-state index >= 15 is 0 Å². The van der Waals surface area contributed by atoms with E-state index < -0.39 is 29.2 Å². The van der Waals surface area contributed by atoms with Gasteiger partial charge in [-0.25, -0.2) is 0 Å². The molecule has 2 rings (SSSR count). The SMILES string of the molecule is COC1CC2C(=O)C(=O)C(=O)C2CC1OC. The second kappa shape index (κ2) is 4.07. The van der Waals surface area contributed by atoms with Crippen molar-refractivity contribution in [1.82, 2.24) is 0 Å². The molecule has 0 spiro atoms. The van der Waals surface area contributed by atoms with Gasteiger partial charge < -0.3 is 9.47 Å². The van der Waals surface area contributed by atoms with Gasteiger partial charge in [-0.2, -0.15) is 0 Å². The third-order valence-corrected chi connectivity index (χ3v) is 3.60. The molecule has 88 valence electrons. The van der Waals surface area contributed by atoms with Crippen molar-refractivity contribution in [2.45, 2.75) is 25.0 Å². The molecule has 0 radical (unpaired) electrons. The zero-order valence-corrected chi connectivity index (χ0v) is 9.26. The third-order valence-electron chi connectivity index (χ3n) is 3.60. The first-order valence-electron chi connectivity index (χ1n) is 5.28. The molecule has 5 heteroatoms. The third kappa shape index (κ3) is 1.51. The highest BCUT2D eigenvalue weighted by molar-refractivity contribution is 6.68. The van der Waals surface area contributed by atoms with Crippen molar-refractivity contribution in [2.75, 3.05) is 14.2 Å². The monoisotopic (exact) mass is 226 g/mol. The summed E-state index contributed by atoms with van der Waals surface area (Å²) in [4.78, 5) is 34.4. The lowest BCUT2D eigenvalue weighted by atomic mass is 9.78. The van der Waals surface area contributed by atoms with Gasteiger partial charge in [0.05, 0.1) is 12.2 Å². The fourth-order valence-electron chi connectivity index (χ4n) is 2.67. The molecule has 0 bridgehead atoms. The van der Waals surface area contributed by atoms with Gasteiger partial charge in [-0.3, -0.25) is 14.4 Å². The van der Waals surface area contributed by atoms with Crippen LogP contribution in [0.4, 0.5) is 0 Å². The Hall–Kier alpha value is -1.07. The first-order valence-corrected chi connectivity index (χ1v) is 5.28. The van der Waals surface area contributed by atoms with Crippen molar-refractivity contribution < 1.29 is 23.9 Å². The molecule has 4 atom stereocenters. The average Bonchev–Trinajstić information content (AvgIpc) is 2.52. The number of Topliss-reactive ketones (excluding diaryl/α,β-unsaturated/α-hetero) is 3. The van der Waals surface area contributed by atoms with Crippen LogP contribution in [0, 0.1) is 11.8 Å². The summed E-state index contributed by atoms with van der Waals surface area (Å²) >= 11 is 0. The molecule has 16 heavy (non-hydrogen) atoms. The number of hydrogen-bond donors (Lipinski definition) is 0. The molecular weight excluding hydrogens is 212 g/mol. The van der Waals surface area contributed by atoms with Gasteiger partial charge in [-0.15, -0.1) is 0 Å². The number of hydrogen-bond acceptors (Lipinski definition) is 5. The fourth-order valence-corrected chi connectivity index (χ4v) is 2.67. The normalized spacial score (nSPS) is 39.0. The van der Waals surface area contributed by atoms with Gasteiger partial charge in [0.15, 0.2) is 0 Å². The van der Waals surface area contributed by atoms with E-state index in [9.17, 15) is 14.4 Å². The molecule has 0 amide bonds. The van der Waals surface area contributed by atoms with Gasteiger partial charge in [0.2, 0.25) is 11.6 Å². The molecule has 0 heterocycles. The first kappa shape index (κ1) is 11.4. The predicted octanol–water partition coefficient (Wildman–Crippen LogP) is -0.237. The van der Waals surface area contributed by atoms with Crippen LogP contribution in [0.2, 0.25) is 0 Å². The first-order chi connectivity index (χ1) is 7.60. The van der Waals surface area contributed by atoms with Crippen molar-refractivity contribution in [2.24, 2.45) is 11.8 Å². The molecule has 4 unspecified atom stereocenters. The van der Waals surface area contributed by atoms with Crippen LogP contribution < -0.4 is 0 Å². The topological polar surface area (TPSA) is 69.7 Å². The van der Waals surface area contributed by atoms with Crippen LogP contribution in [0.1, 0.15) is 12.8 Å². The van der Waals surface area contributed by atoms with Gasteiger partial charge in [0.1, 0.15) is 0 Å². The highest BCUT2D eigenvalue weighted by atomic mass is 16.5. The Kier molecular flexibility index (Phi) is 2.90. The lowest BCUT2D eigenvalue weighted by molar-refractivity contribution is -0.141. The molecule has 0 aromatic rings. The Labute approximate surface area is 93.1 Å². The number of carbonyl (C=O) groups is 3. The van der Waals surface area contributed by atoms with Gasteiger partial charge in [0, 0.05) is 26.1 Å². The number of fused-ring (bicyclic) bond motifs is 1. The van der Waals surface area contributed by atoms with E-state index in [-0.39, 0.29) is 12.2 Å². The standard InChI is InChI=1S/C11H14O5/c1-15-7-3-5-6(4-8(7)16-2)10(13)11(14)9(5)12/h5-8H,3-4H2,1-2H3. The molecule has 0 aliphatic heterocycles. The lowest BCUT2D eigenvalue weighted by Gasteiger charge is -2.34. The number of ketones is 3. The molecule has 2 aliphatic rings. The van der Waals surface area contributed by atoms with Crippen LogP contribution >= 0.6 is 0 Å². The number of ether oxygens (including phenoxy) is 2. The highest BCUT2D eigenvalue weighted by Crippen LogP contribution is 2.38. The van der Waals surface area contributed by atoms with Crippen LogP contribution in [0.5, 0.6) is 0 Å². The average molecular weight is 226 g/mol. The van der Waals surface area contributed by atoms with Crippen molar-refractivity contribution in [3.8, 4) is 0 Å².